The lowest BCUT2D eigenvalue weighted by molar-refractivity contribution is 0.514. The van der Waals surface area contributed by atoms with Crippen molar-refractivity contribution in [3.05, 3.63) is 17.2 Å². The van der Waals surface area contributed by atoms with Crippen LogP contribution in [0.4, 0.5) is 0 Å². The maximum absolute atomic E-state index is 4.63. The van der Waals surface area contributed by atoms with Gasteiger partial charge in [-0.25, -0.2) is 4.98 Å². The van der Waals surface area contributed by atoms with Crippen molar-refractivity contribution in [1.82, 2.24) is 9.55 Å². The Morgan fingerprint density at radius 2 is 2.25 bits per heavy atom. The van der Waals surface area contributed by atoms with Crippen molar-refractivity contribution in [2.45, 2.75) is 46.1 Å². The Hall–Kier alpha value is -0.790. The van der Waals surface area contributed by atoms with Crippen molar-refractivity contribution >= 4 is 0 Å². The fourth-order valence-electron chi connectivity index (χ4n) is 2.02. The molecule has 1 aromatic rings. The molecule has 0 atom stereocenters. The summed E-state index contributed by atoms with van der Waals surface area (Å²) in [6.45, 7) is 5.57. The molecule has 0 N–H and O–H groups in total. The number of aryl methyl sites for hydroxylation is 2. The molecule has 1 aliphatic heterocycles. The molecule has 0 saturated carbocycles. The second kappa shape index (κ2) is 2.92. The topological polar surface area (TPSA) is 17.8 Å². The van der Waals surface area contributed by atoms with Gasteiger partial charge in [-0.3, -0.25) is 0 Å². The highest BCUT2D eigenvalue weighted by molar-refractivity contribution is 5.16. The normalized spacial score (nSPS) is 16.2. The fraction of sp³-hybridized carbons (Fsp3) is 0.700. The molecule has 0 bridgehead atoms. The van der Waals surface area contributed by atoms with E-state index in [1.807, 2.05) is 0 Å². The predicted molar refractivity (Wildman–Crippen MR) is 49.3 cm³/mol. The van der Waals surface area contributed by atoms with E-state index in [-0.39, 0.29) is 0 Å². The third kappa shape index (κ3) is 1.06. The number of nitrogens with zero attached hydrogens (tertiary/aromatic N) is 2. The lowest BCUT2D eigenvalue weighted by Crippen LogP contribution is -2.11. The van der Waals surface area contributed by atoms with Crippen LogP contribution in [-0.4, -0.2) is 9.55 Å². The van der Waals surface area contributed by atoms with Gasteiger partial charge in [0.15, 0.2) is 0 Å². The highest BCUT2D eigenvalue weighted by atomic mass is 15.1. The fourth-order valence-corrected chi connectivity index (χ4v) is 2.02. The summed E-state index contributed by atoms with van der Waals surface area (Å²) >= 11 is 0. The van der Waals surface area contributed by atoms with Crippen molar-refractivity contribution in [2.75, 3.05) is 0 Å². The van der Waals surface area contributed by atoms with E-state index in [0.29, 0.717) is 0 Å². The van der Waals surface area contributed by atoms with Crippen molar-refractivity contribution < 1.29 is 0 Å². The molecule has 0 fully saturated rings. The van der Waals surface area contributed by atoms with Gasteiger partial charge in [-0.05, 0) is 26.2 Å². The zero-order chi connectivity index (χ0) is 8.55. The third-order valence-electron chi connectivity index (χ3n) is 2.77. The van der Waals surface area contributed by atoms with Crippen molar-refractivity contribution in [2.24, 2.45) is 0 Å². The van der Waals surface area contributed by atoms with Crippen LogP contribution in [0.3, 0.4) is 0 Å². The van der Waals surface area contributed by atoms with E-state index in [2.05, 4.69) is 23.4 Å². The largest absolute Gasteiger partial charge is 0.332 e. The van der Waals surface area contributed by atoms with Crippen molar-refractivity contribution in [3.63, 3.8) is 0 Å². The average molecular weight is 164 g/mol. The average Bonchev–Trinajstić information content (AvgIpc) is 2.44. The number of imidazole rings is 1. The minimum atomic E-state index is 1.08. The van der Waals surface area contributed by atoms with Gasteiger partial charge in [-0.15, -0.1) is 0 Å². The summed E-state index contributed by atoms with van der Waals surface area (Å²) in [5.74, 6) is 1.32. The van der Waals surface area contributed by atoms with E-state index in [1.165, 1.54) is 43.0 Å². The SMILES string of the molecule is CCc1nc2n(c1C)CCCC2. The molecule has 1 aliphatic rings. The number of fused-ring (bicyclic) bond motifs is 1. The molecule has 0 saturated heterocycles. The molecule has 2 nitrogen and oxygen atoms in total. The van der Waals surface area contributed by atoms with Gasteiger partial charge in [-0.2, -0.15) is 0 Å². The monoisotopic (exact) mass is 164 g/mol. The van der Waals surface area contributed by atoms with Gasteiger partial charge in [-0.1, -0.05) is 6.92 Å². The first-order chi connectivity index (χ1) is 5.83. The summed E-state index contributed by atoms with van der Waals surface area (Å²) in [6.07, 6.45) is 4.90. The summed E-state index contributed by atoms with van der Waals surface area (Å²) in [7, 11) is 0. The minimum absolute atomic E-state index is 1.08. The molecular weight excluding hydrogens is 148 g/mol. The Labute approximate surface area is 73.6 Å². The zero-order valence-electron chi connectivity index (χ0n) is 7.93. The van der Waals surface area contributed by atoms with Crippen LogP contribution in [0.2, 0.25) is 0 Å². The first-order valence-electron chi connectivity index (χ1n) is 4.87. The van der Waals surface area contributed by atoms with E-state index in [0.717, 1.165) is 6.42 Å². The molecule has 12 heavy (non-hydrogen) atoms. The predicted octanol–water partition coefficient (Wildman–Crippen LogP) is 2.09. The van der Waals surface area contributed by atoms with Crippen LogP contribution in [-0.2, 0) is 19.4 Å². The summed E-state index contributed by atoms with van der Waals surface area (Å²) < 4.78 is 2.39. The lowest BCUT2D eigenvalue weighted by Gasteiger charge is -2.14. The number of hydrogen-bond acceptors (Lipinski definition) is 1. The van der Waals surface area contributed by atoms with Crippen LogP contribution in [0, 0.1) is 6.92 Å². The molecule has 1 aromatic heterocycles. The number of hydrogen-bond donors (Lipinski definition) is 0. The van der Waals surface area contributed by atoms with Crippen molar-refractivity contribution in [3.8, 4) is 0 Å². The first-order valence-corrected chi connectivity index (χ1v) is 4.87. The van der Waals surface area contributed by atoms with E-state index in [9.17, 15) is 0 Å². The van der Waals surface area contributed by atoms with Crippen LogP contribution < -0.4 is 0 Å². The van der Waals surface area contributed by atoms with E-state index in [4.69, 9.17) is 0 Å². The van der Waals surface area contributed by atoms with Gasteiger partial charge in [0.25, 0.3) is 0 Å². The maximum atomic E-state index is 4.63. The smallest absolute Gasteiger partial charge is 0.109 e. The van der Waals surface area contributed by atoms with E-state index >= 15 is 0 Å². The molecule has 0 amide bonds. The minimum Gasteiger partial charge on any atom is -0.332 e. The second-order valence-electron chi connectivity index (χ2n) is 3.52. The van der Waals surface area contributed by atoms with Gasteiger partial charge < -0.3 is 4.57 Å². The number of rotatable bonds is 1. The Balaban J connectivity index is 2.44. The van der Waals surface area contributed by atoms with Gasteiger partial charge >= 0.3 is 0 Å². The van der Waals surface area contributed by atoms with Gasteiger partial charge in [0, 0.05) is 18.7 Å². The first kappa shape index (κ1) is 7.84. The zero-order valence-corrected chi connectivity index (χ0v) is 7.93. The molecule has 0 unspecified atom stereocenters. The molecule has 0 spiro atoms. The quantitative estimate of drug-likeness (QED) is 0.621. The van der Waals surface area contributed by atoms with Crippen LogP contribution in [0.15, 0.2) is 0 Å². The lowest BCUT2D eigenvalue weighted by atomic mass is 10.2. The molecule has 0 aliphatic carbocycles. The Morgan fingerprint density at radius 1 is 1.42 bits per heavy atom. The summed E-state index contributed by atoms with van der Waals surface area (Å²) in [5.41, 5.74) is 2.69. The highest BCUT2D eigenvalue weighted by Gasteiger charge is 2.14. The van der Waals surface area contributed by atoms with Crippen LogP contribution >= 0.6 is 0 Å². The van der Waals surface area contributed by atoms with Gasteiger partial charge in [0.05, 0.1) is 5.69 Å². The Kier molecular flexibility index (Phi) is 1.91. The van der Waals surface area contributed by atoms with Crippen molar-refractivity contribution in [1.29, 1.82) is 0 Å². The van der Waals surface area contributed by atoms with E-state index in [1.54, 1.807) is 0 Å². The van der Waals surface area contributed by atoms with Gasteiger partial charge in [0.2, 0.25) is 0 Å². The molecule has 2 heterocycles. The maximum Gasteiger partial charge on any atom is 0.109 e. The summed E-state index contributed by atoms with van der Waals surface area (Å²) in [4.78, 5) is 4.63. The highest BCUT2D eigenvalue weighted by Crippen LogP contribution is 2.18. The van der Waals surface area contributed by atoms with Gasteiger partial charge in [0.1, 0.15) is 5.82 Å². The summed E-state index contributed by atoms with van der Waals surface area (Å²) in [5, 5.41) is 0. The third-order valence-corrected chi connectivity index (χ3v) is 2.77. The standard InChI is InChI=1S/C10H16N2/c1-3-9-8(2)12-7-5-4-6-10(12)11-9/h3-7H2,1-2H3. The molecule has 66 valence electrons. The summed E-state index contributed by atoms with van der Waals surface area (Å²) in [6, 6.07) is 0. The molecule has 2 heteroatoms. The Bertz CT molecular complexity index is 286. The molecule has 2 rings (SSSR count). The Morgan fingerprint density at radius 3 is 2.92 bits per heavy atom. The number of aromatic nitrogens is 2. The molecule has 0 radical (unpaired) electrons. The molecule has 0 aromatic carbocycles. The second-order valence-corrected chi connectivity index (χ2v) is 3.52. The van der Waals surface area contributed by atoms with E-state index < -0.39 is 0 Å². The molecular formula is C10H16N2. The van der Waals surface area contributed by atoms with Crippen LogP contribution in [0.5, 0.6) is 0 Å². The van der Waals surface area contributed by atoms with Crippen LogP contribution in [0.25, 0.3) is 0 Å². The van der Waals surface area contributed by atoms with Crippen LogP contribution in [0.1, 0.15) is 37.0 Å².